The number of halogens is 1. The van der Waals surface area contributed by atoms with Gasteiger partial charge in [0.25, 0.3) is 0 Å². The van der Waals surface area contributed by atoms with E-state index in [-0.39, 0.29) is 0 Å². The Kier molecular flexibility index (Phi) is 4.36. The van der Waals surface area contributed by atoms with Crippen LogP contribution in [0.1, 0.15) is 23.1 Å². The molecule has 1 aromatic heterocycles. The van der Waals surface area contributed by atoms with Crippen LogP contribution in [-0.4, -0.2) is 4.57 Å². The zero-order valence-electron chi connectivity index (χ0n) is 17.4. The number of para-hydroxylation sites is 1. The molecule has 31 heavy (non-hydrogen) atoms. The van der Waals surface area contributed by atoms with Crippen molar-refractivity contribution in [3.8, 4) is 16.8 Å². The van der Waals surface area contributed by atoms with Crippen molar-refractivity contribution in [1.82, 2.24) is 4.57 Å². The van der Waals surface area contributed by atoms with Crippen LogP contribution < -0.4 is 0 Å². The van der Waals surface area contributed by atoms with Crippen molar-refractivity contribution >= 4 is 43.8 Å². The average Bonchev–Trinajstić information content (AvgIpc) is 3.12. The van der Waals surface area contributed by atoms with E-state index in [4.69, 9.17) is 0 Å². The molecule has 1 aliphatic carbocycles. The molecule has 2 heteroatoms. The first-order valence-electron chi connectivity index (χ1n) is 10.8. The SMILES string of the molecule is Cc1cc(Br)cc(-c2ccc3c4ccccc4n(-c4ccc5c(c4)CCC=C5)c3c2)c1. The van der Waals surface area contributed by atoms with E-state index in [1.165, 1.54) is 55.3 Å². The highest BCUT2D eigenvalue weighted by molar-refractivity contribution is 9.10. The number of nitrogens with zero attached hydrogens (tertiary/aromatic N) is 1. The summed E-state index contributed by atoms with van der Waals surface area (Å²) in [7, 11) is 0. The van der Waals surface area contributed by atoms with Gasteiger partial charge in [0.2, 0.25) is 0 Å². The van der Waals surface area contributed by atoms with Gasteiger partial charge in [-0.25, -0.2) is 0 Å². The van der Waals surface area contributed by atoms with E-state index in [1.807, 2.05) is 0 Å². The van der Waals surface area contributed by atoms with Crippen LogP contribution in [0.15, 0.2) is 89.4 Å². The Bertz CT molecular complexity index is 1480. The summed E-state index contributed by atoms with van der Waals surface area (Å²) in [5.74, 6) is 0. The Labute approximate surface area is 190 Å². The van der Waals surface area contributed by atoms with Crippen molar-refractivity contribution < 1.29 is 0 Å². The smallest absolute Gasteiger partial charge is 0.0547 e. The fourth-order valence-corrected chi connectivity index (χ4v) is 5.50. The van der Waals surface area contributed by atoms with E-state index < -0.39 is 0 Å². The molecule has 150 valence electrons. The number of fused-ring (bicyclic) bond motifs is 4. The molecule has 0 amide bonds. The van der Waals surface area contributed by atoms with Gasteiger partial charge in [-0.1, -0.05) is 70.5 Å². The molecule has 0 spiro atoms. The minimum atomic E-state index is 1.11. The first-order valence-corrected chi connectivity index (χ1v) is 11.6. The molecule has 0 saturated heterocycles. The molecule has 0 unspecified atom stereocenters. The van der Waals surface area contributed by atoms with Crippen LogP contribution in [0.3, 0.4) is 0 Å². The van der Waals surface area contributed by atoms with Crippen LogP contribution in [0, 0.1) is 6.92 Å². The van der Waals surface area contributed by atoms with Gasteiger partial charge in [0, 0.05) is 20.9 Å². The van der Waals surface area contributed by atoms with Crippen LogP contribution in [0.25, 0.3) is 44.7 Å². The molecule has 4 aromatic carbocycles. The van der Waals surface area contributed by atoms with E-state index in [9.17, 15) is 0 Å². The summed E-state index contributed by atoms with van der Waals surface area (Å²) >= 11 is 3.66. The topological polar surface area (TPSA) is 4.93 Å². The third-order valence-corrected chi connectivity index (χ3v) is 6.77. The standard InChI is InChI=1S/C29H22BrN/c1-19-14-23(16-24(30)15-19)22-11-13-27-26-8-4-5-9-28(26)31(29(27)18-22)25-12-10-20-6-2-3-7-21(20)17-25/h2,4-6,8-18H,3,7H2,1H3. The molecule has 1 aliphatic rings. The maximum absolute atomic E-state index is 3.66. The molecule has 0 N–H and O–H groups in total. The fourth-order valence-electron chi connectivity index (χ4n) is 4.89. The quantitative estimate of drug-likeness (QED) is 0.247. The van der Waals surface area contributed by atoms with Crippen molar-refractivity contribution in [3.63, 3.8) is 0 Å². The van der Waals surface area contributed by atoms with Crippen molar-refractivity contribution in [2.45, 2.75) is 19.8 Å². The summed E-state index contributed by atoms with van der Waals surface area (Å²) in [6.45, 7) is 2.14. The van der Waals surface area contributed by atoms with Crippen LogP contribution in [0.4, 0.5) is 0 Å². The Morgan fingerprint density at radius 3 is 2.55 bits per heavy atom. The van der Waals surface area contributed by atoms with Crippen LogP contribution >= 0.6 is 15.9 Å². The number of aromatic nitrogens is 1. The predicted octanol–water partition coefficient (Wildman–Crippen LogP) is 8.48. The van der Waals surface area contributed by atoms with Gasteiger partial charge in [-0.05, 0) is 84.0 Å². The van der Waals surface area contributed by atoms with Crippen molar-refractivity contribution in [2.75, 3.05) is 0 Å². The van der Waals surface area contributed by atoms with Crippen LogP contribution in [-0.2, 0) is 6.42 Å². The lowest BCUT2D eigenvalue weighted by Crippen LogP contribution is -1.99. The molecule has 0 radical (unpaired) electrons. The van der Waals surface area contributed by atoms with Gasteiger partial charge >= 0.3 is 0 Å². The van der Waals surface area contributed by atoms with E-state index in [0.717, 1.165) is 17.3 Å². The first kappa shape index (κ1) is 18.7. The van der Waals surface area contributed by atoms with Crippen molar-refractivity contribution in [1.29, 1.82) is 0 Å². The lowest BCUT2D eigenvalue weighted by molar-refractivity contribution is 0.979. The lowest BCUT2D eigenvalue weighted by atomic mass is 9.97. The number of hydrogen-bond donors (Lipinski definition) is 0. The van der Waals surface area contributed by atoms with Gasteiger partial charge in [0.05, 0.1) is 11.0 Å². The minimum Gasteiger partial charge on any atom is -0.309 e. The highest BCUT2D eigenvalue weighted by Crippen LogP contribution is 2.36. The Balaban J connectivity index is 1.64. The maximum Gasteiger partial charge on any atom is 0.0547 e. The second-order valence-electron chi connectivity index (χ2n) is 8.43. The monoisotopic (exact) mass is 463 g/mol. The van der Waals surface area contributed by atoms with Gasteiger partial charge in [0.15, 0.2) is 0 Å². The maximum atomic E-state index is 3.66. The molecule has 0 fully saturated rings. The number of benzene rings is 4. The summed E-state index contributed by atoms with van der Waals surface area (Å²) in [4.78, 5) is 0. The molecule has 0 aliphatic heterocycles. The van der Waals surface area contributed by atoms with Gasteiger partial charge < -0.3 is 4.57 Å². The summed E-state index contributed by atoms with van der Waals surface area (Å²) in [5.41, 5.74) is 10.3. The minimum absolute atomic E-state index is 1.11. The van der Waals surface area contributed by atoms with E-state index in [1.54, 1.807) is 0 Å². The number of rotatable bonds is 2. The number of allylic oxidation sites excluding steroid dienone is 1. The zero-order valence-corrected chi connectivity index (χ0v) is 19.0. The molecule has 0 atom stereocenters. The Hall–Kier alpha value is -3.10. The predicted molar refractivity (Wildman–Crippen MR) is 136 cm³/mol. The first-order chi connectivity index (χ1) is 15.2. The van der Waals surface area contributed by atoms with Crippen LogP contribution in [0.5, 0.6) is 0 Å². The Morgan fingerprint density at radius 1 is 0.774 bits per heavy atom. The van der Waals surface area contributed by atoms with Gasteiger partial charge in [-0.3, -0.25) is 0 Å². The summed E-state index contributed by atoms with van der Waals surface area (Å²) < 4.78 is 3.54. The molecular formula is C29H22BrN. The summed E-state index contributed by atoms with van der Waals surface area (Å²) in [5, 5.41) is 2.59. The molecule has 1 heterocycles. The fraction of sp³-hybridized carbons (Fsp3) is 0.103. The normalized spacial score (nSPS) is 13.1. The second kappa shape index (κ2) is 7.25. The number of aryl methyl sites for hydroxylation is 2. The molecule has 0 bridgehead atoms. The Morgan fingerprint density at radius 2 is 1.65 bits per heavy atom. The van der Waals surface area contributed by atoms with Gasteiger partial charge in [0.1, 0.15) is 0 Å². The molecule has 0 saturated carbocycles. The van der Waals surface area contributed by atoms with Crippen molar-refractivity contribution in [3.05, 3.63) is 106 Å². The van der Waals surface area contributed by atoms with Crippen LogP contribution in [0.2, 0.25) is 0 Å². The van der Waals surface area contributed by atoms with Gasteiger partial charge in [-0.2, -0.15) is 0 Å². The summed E-state index contributed by atoms with van der Waals surface area (Å²) in [6, 6.07) is 29.1. The second-order valence-corrected chi connectivity index (χ2v) is 9.34. The number of hydrogen-bond acceptors (Lipinski definition) is 0. The molecular weight excluding hydrogens is 442 g/mol. The van der Waals surface area contributed by atoms with E-state index >= 15 is 0 Å². The van der Waals surface area contributed by atoms with E-state index in [2.05, 4.69) is 118 Å². The molecule has 5 aromatic rings. The highest BCUT2D eigenvalue weighted by Gasteiger charge is 2.15. The highest BCUT2D eigenvalue weighted by atomic mass is 79.9. The van der Waals surface area contributed by atoms with E-state index in [0.29, 0.717) is 0 Å². The lowest BCUT2D eigenvalue weighted by Gasteiger charge is -2.15. The molecule has 6 rings (SSSR count). The third-order valence-electron chi connectivity index (χ3n) is 6.31. The molecule has 1 nitrogen and oxygen atoms in total. The van der Waals surface area contributed by atoms with Gasteiger partial charge in [-0.15, -0.1) is 0 Å². The largest absolute Gasteiger partial charge is 0.309 e. The zero-order chi connectivity index (χ0) is 20.9. The van der Waals surface area contributed by atoms with Crippen molar-refractivity contribution in [2.24, 2.45) is 0 Å². The third kappa shape index (κ3) is 3.14. The summed E-state index contributed by atoms with van der Waals surface area (Å²) in [6.07, 6.45) is 6.76. The average molecular weight is 464 g/mol.